The molecule has 2 amide bonds. The normalized spacial score (nSPS) is 13.2. The van der Waals surface area contributed by atoms with Gasteiger partial charge in [0.25, 0.3) is 0 Å². The van der Waals surface area contributed by atoms with E-state index >= 15 is 0 Å². The number of pyridine rings is 1. The standard InChI is InChI=1S/C26H26N4O2S/c1-17-23(14-29-25(31)10-18-7-9-33-16-18)21-6-8-30(15-20(21)13-27-17)26(32)11-19-12-28-24-5-3-2-4-22(19)24/h2-5,7,9,12-13,16,28H,6,8,10-11,14-15H2,1H3,(H,29,31). The summed E-state index contributed by atoms with van der Waals surface area (Å²) in [6, 6.07) is 10.0. The number of nitrogens with zero attached hydrogens (tertiary/aromatic N) is 2. The monoisotopic (exact) mass is 458 g/mol. The summed E-state index contributed by atoms with van der Waals surface area (Å²) in [6.07, 6.45) is 5.36. The first-order valence-corrected chi connectivity index (χ1v) is 12.1. The molecule has 0 atom stereocenters. The first kappa shape index (κ1) is 21.4. The SMILES string of the molecule is Cc1ncc2c(c1CNC(=O)Cc1ccsc1)CCN(C(=O)Cc1c[nH]c3ccccc13)C2. The fourth-order valence-electron chi connectivity index (χ4n) is 4.55. The molecule has 6 nitrogen and oxygen atoms in total. The number of rotatable bonds is 6. The molecule has 0 spiro atoms. The molecule has 0 bridgehead atoms. The Balaban J connectivity index is 1.26. The van der Waals surface area contributed by atoms with Crippen molar-refractivity contribution in [1.82, 2.24) is 20.2 Å². The van der Waals surface area contributed by atoms with Gasteiger partial charge in [-0.2, -0.15) is 11.3 Å². The fourth-order valence-corrected chi connectivity index (χ4v) is 5.22. The number of nitrogens with one attached hydrogen (secondary N) is 2. The van der Waals surface area contributed by atoms with Crippen molar-refractivity contribution in [2.45, 2.75) is 39.3 Å². The Labute approximate surface area is 196 Å². The topological polar surface area (TPSA) is 78.1 Å². The molecule has 7 heteroatoms. The van der Waals surface area contributed by atoms with Gasteiger partial charge in [-0.1, -0.05) is 18.2 Å². The van der Waals surface area contributed by atoms with Crippen LogP contribution in [0.3, 0.4) is 0 Å². The van der Waals surface area contributed by atoms with Crippen LogP contribution in [0.25, 0.3) is 10.9 Å². The van der Waals surface area contributed by atoms with Gasteiger partial charge in [0, 0.05) is 48.6 Å². The van der Waals surface area contributed by atoms with Gasteiger partial charge < -0.3 is 15.2 Å². The van der Waals surface area contributed by atoms with Crippen molar-refractivity contribution < 1.29 is 9.59 Å². The molecule has 0 radical (unpaired) electrons. The molecule has 4 heterocycles. The lowest BCUT2D eigenvalue weighted by Crippen LogP contribution is -2.38. The predicted molar refractivity (Wildman–Crippen MR) is 130 cm³/mol. The molecular weight excluding hydrogens is 432 g/mol. The van der Waals surface area contributed by atoms with Crippen molar-refractivity contribution in [1.29, 1.82) is 0 Å². The fraction of sp³-hybridized carbons (Fsp3) is 0.269. The smallest absolute Gasteiger partial charge is 0.227 e. The Morgan fingerprint density at radius 1 is 1.21 bits per heavy atom. The zero-order valence-corrected chi connectivity index (χ0v) is 19.4. The Kier molecular flexibility index (Phi) is 5.96. The first-order valence-electron chi connectivity index (χ1n) is 11.2. The molecule has 0 fully saturated rings. The number of amides is 2. The Morgan fingerprint density at radius 2 is 2.09 bits per heavy atom. The highest BCUT2D eigenvalue weighted by molar-refractivity contribution is 7.08. The lowest BCUT2D eigenvalue weighted by Gasteiger charge is -2.30. The van der Waals surface area contributed by atoms with E-state index in [1.165, 1.54) is 5.56 Å². The molecule has 2 N–H and O–H groups in total. The Morgan fingerprint density at radius 3 is 2.94 bits per heavy atom. The number of benzene rings is 1. The van der Waals surface area contributed by atoms with Gasteiger partial charge in [0.2, 0.25) is 11.8 Å². The first-order chi connectivity index (χ1) is 16.1. The second-order valence-electron chi connectivity index (χ2n) is 8.51. The van der Waals surface area contributed by atoms with Gasteiger partial charge in [-0.15, -0.1) is 0 Å². The van der Waals surface area contributed by atoms with Crippen molar-refractivity contribution >= 4 is 34.1 Å². The van der Waals surface area contributed by atoms with Crippen LogP contribution in [-0.4, -0.2) is 33.2 Å². The van der Waals surface area contributed by atoms with Crippen LogP contribution in [0, 0.1) is 6.92 Å². The zero-order chi connectivity index (χ0) is 22.8. The van der Waals surface area contributed by atoms with E-state index in [9.17, 15) is 9.59 Å². The average molecular weight is 459 g/mol. The van der Waals surface area contributed by atoms with Crippen LogP contribution in [0.5, 0.6) is 0 Å². The molecule has 1 aliphatic heterocycles. The van der Waals surface area contributed by atoms with Crippen molar-refractivity contribution in [3.05, 3.63) is 87.0 Å². The summed E-state index contributed by atoms with van der Waals surface area (Å²) in [7, 11) is 0. The number of para-hydroxylation sites is 1. The number of hydrogen-bond acceptors (Lipinski definition) is 4. The summed E-state index contributed by atoms with van der Waals surface area (Å²) in [6.45, 7) is 3.68. The van der Waals surface area contributed by atoms with Crippen molar-refractivity contribution in [2.75, 3.05) is 6.54 Å². The van der Waals surface area contributed by atoms with Gasteiger partial charge in [-0.25, -0.2) is 0 Å². The minimum atomic E-state index is 0.0109. The van der Waals surface area contributed by atoms with Crippen LogP contribution in [0.1, 0.15) is 33.5 Å². The minimum absolute atomic E-state index is 0.0109. The van der Waals surface area contributed by atoms with E-state index in [-0.39, 0.29) is 11.8 Å². The van der Waals surface area contributed by atoms with Crippen LogP contribution in [0.2, 0.25) is 0 Å². The van der Waals surface area contributed by atoms with Gasteiger partial charge >= 0.3 is 0 Å². The molecule has 0 aliphatic carbocycles. The number of H-pyrrole nitrogens is 1. The molecule has 168 valence electrons. The predicted octanol–water partition coefficient (Wildman–Crippen LogP) is 3.92. The third-order valence-corrected chi connectivity index (χ3v) is 7.10. The summed E-state index contributed by atoms with van der Waals surface area (Å²) in [4.78, 5) is 35.2. The number of aromatic amines is 1. The van der Waals surface area contributed by atoms with Crippen molar-refractivity contribution in [2.24, 2.45) is 0 Å². The minimum Gasteiger partial charge on any atom is -0.361 e. The Bertz CT molecular complexity index is 1310. The molecule has 5 rings (SSSR count). The van der Waals surface area contributed by atoms with E-state index < -0.39 is 0 Å². The van der Waals surface area contributed by atoms with Crippen LogP contribution < -0.4 is 5.32 Å². The summed E-state index contributed by atoms with van der Waals surface area (Å²) >= 11 is 1.60. The molecule has 3 aromatic heterocycles. The number of carbonyl (C=O) groups is 2. The molecule has 4 aromatic rings. The van der Waals surface area contributed by atoms with Crippen molar-refractivity contribution in [3.63, 3.8) is 0 Å². The van der Waals surface area contributed by atoms with Gasteiger partial charge in [0.05, 0.1) is 12.8 Å². The highest BCUT2D eigenvalue weighted by Gasteiger charge is 2.24. The van der Waals surface area contributed by atoms with Crippen LogP contribution in [0.15, 0.2) is 53.5 Å². The van der Waals surface area contributed by atoms with E-state index in [0.29, 0.717) is 32.5 Å². The lowest BCUT2D eigenvalue weighted by atomic mass is 9.94. The summed E-state index contributed by atoms with van der Waals surface area (Å²) < 4.78 is 0. The van der Waals surface area contributed by atoms with E-state index in [0.717, 1.165) is 45.3 Å². The number of aromatic nitrogens is 2. The number of thiophene rings is 1. The highest BCUT2D eigenvalue weighted by Crippen LogP contribution is 2.25. The summed E-state index contributed by atoms with van der Waals surface area (Å²) in [5.74, 6) is 0.133. The van der Waals surface area contributed by atoms with Gasteiger partial charge in [0.1, 0.15) is 0 Å². The second kappa shape index (κ2) is 9.19. The molecular formula is C26H26N4O2S. The maximum atomic E-state index is 13.1. The number of fused-ring (bicyclic) bond motifs is 2. The summed E-state index contributed by atoms with van der Waals surface area (Å²) in [5, 5.41) is 8.13. The molecule has 0 saturated heterocycles. The molecule has 33 heavy (non-hydrogen) atoms. The van der Waals surface area contributed by atoms with Crippen LogP contribution in [0.4, 0.5) is 0 Å². The van der Waals surface area contributed by atoms with Crippen LogP contribution >= 0.6 is 11.3 Å². The Hall–Kier alpha value is -3.45. The van der Waals surface area contributed by atoms with Gasteiger partial charge in [-0.05, 0) is 64.1 Å². The molecule has 0 saturated carbocycles. The molecule has 0 unspecified atom stereocenters. The largest absolute Gasteiger partial charge is 0.361 e. The third kappa shape index (κ3) is 4.54. The molecule has 1 aliphatic rings. The number of hydrogen-bond donors (Lipinski definition) is 2. The van der Waals surface area contributed by atoms with E-state index in [2.05, 4.69) is 15.3 Å². The maximum Gasteiger partial charge on any atom is 0.227 e. The van der Waals surface area contributed by atoms with Gasteiger partial charge in [0.15, 0.2) is 0 Å². The lowest BCUT2D eigenvalue weighted by molar-refractivity contribution is -0.131. The zero-order valence-electron chi connectivity index (χ0n) is 18.6. The summed E-state index contributed by atoms with van der Waals surface area (Å²) in [5.41, 5.74) is 7.41. The van der Waals surface area contributed by atoms with Crippen molar-refractivity contribution in [3.8, 4) is 0 Å². The average Bonchev–Trinajstić information content (AvgIpc) is 3.48. The van der Waals surface area contributed by atoms with E-state index in [1.807, 2.05) is 65.3 Å². The maximum absolute atomic E-state index is 13.1. The highest BCUT2D eigenvalue weighted by atomic mass is 32.1. The quantitative estimate of drug-likeness (QED) is 0.460. The number of aryl methyl sites for hydroxylation is 1. The van der Waals surface area contributed by atoms with E-state index in [4.69, 9.17) is 0 Å². The van der Waals surface area contributed by atoms with Gasteiger partial charge in [-0.3, -0.25) is 14.6 Å². The second-order valence-corrected chi connectivity index (χ2v) is 9.29. The van der Waals surface area contributed by atoms with E-state index in [1.54, 1.807) is 11.3 Å². The third-order valence-electron chi connectivity index (χ3n) is 6.37. The molecule has 1 aromatic carbocycles. The van der Waals surface area contributed by atoms with Crippen LogP contribution in [-0.2, 0) is 41.9 Å². The number of carbonyl (C=O) groups excluding carboxylic acids is 2.